The molecule has 1 amide bonds. The monoisotopic (exact) mass is 401 g/mol. The summed E-state index contributed by atoms with van der Waals surface area (Å²) in [6.07, 6.45) is 4.01. The smallest absolute Gasteiger partial charge is 0.223 e. The van der Waals surface area contributed by atoms with Crippen molar-refractivity contribution in [1.29, 1.82) is 0 Å². The zero-order valence-electron chi connectivity index (χ0n) is 15.9. The van der Waals surface area contributed by atoms with Crippen LogP contribution in [-0.4, -0.2) is 36.5 Å². The molecule has 2 aliphatic rings. The Morgan fingerprint density at radius 2 is 1.85 bits per heavy atom. The predicted octanol–water partition coefficient (Wildman–Crippen LogP) is 3.38. The Hall–Kier alpha value is -0.810. The SMILES string of the molecule is CC(C(=O)NCc1ccc(CN2CCCCC2C)cc1)C1CNC1.Cl.Cl. The van der Waals surface area contributed by atoms with Crippen molar-refractivity contribution >= 4 is 30.7 Å². The van der Waals surface area contributed by atoms with Crippen molar-refractivity contribution in [3.63, 3.8) is 0 Å². The first-order valence-electron chi connectivity index (χ1n) is 9.44. The van der Waals surface area contributed by atoms with Gasteiger partial charge in [0.05, 0.1) is 0 Å². The second-order valence-corrected chi connectivity index (χ2v) is 7.56. The minimum absolute atomic E-state index is 0. The van der Waals surface area contributed by atoms with E-state index in [-0.39, 0.29) is 36.6 Å². The Bertz CT molecular complexity index is 548. The number of likely N-dealkylation sites (tertiary alicyclic amines) is 1. The standard InChI is InChI=1S/C20H31N3O.2ClH/c1-15-5-3-4-10-23(15)14-18-8-6-17(7-9-18)11-22-20(24)16(2)19-12-21-13-19;;/h6-9,15-16,19,21H,3-5,10-14H2,1-2H3,(H,22,24);2*1H. The number of halogens is 2. The molecule has 26 heavy (non-hydrogen) atoms. The molecule has 4 nitrogen and oxygen atoms in total. The summed E-state index contributed by atoms with van der Waals surface area (Å²) in [4.78, 5) is 14.7. The van der Waals surface area contributed by atoms with Gasteiger partial charge in [0, 0.05) is 25.0 Å². The van der Waals surface area contributed by atoms with Crippen molar-refractivity contribution in [3.05, 3.63) is 35.4 Å². The molecule has 0 spiro atoms. The van der Waals surface area contributed by atoms with Gasteiger partial charge in [-0.2, -0.15) is 0 Å². The summed E-state index contributed by atoms with van der Waals surface area (Å²) < 4.78 is 0. The molecule has 2 fully saturated rings. The second-order valence-electron chi connectivity index (χ2n) is 7.56. The van der Waals surface area contributed by atoms with Gasteiger partial charge in [-0.3, -0.25) is 9.69 Å². The minimum Gasteiger partial charge on any atom is -0.352 e. The zero-order valence-corrected chi connectivity index (χ0v) is 17.5. The molecule has 1 aromatic carbocycles. The fourth-order valence-electron chi connectivity index (χ4n) is 3.62. The molecule has 148 valence electrons. The van der Waals surface area contributed by atoms with Gasteiger partial charge in [0.25, 0.3) is 0 Å². The molecule has 2 atom stereocenters. The molecule has 1 aromatic rings. The predicted molar refractivity (Wildman–Crippen MR) is 112 cm³/mol. The van der Waals surface area contributed by atoms with Gasteiger partial charge < -0.3 is 10.6 Å². The van der Waals surface area contributed by atoms with Gasteiger partial charge in [-0.15, -0.1) is 24.8 Å². The van der Waals surface area contributed by atoms with E-state index < -0.39 is 0 Å². The number of nitrogens with one attached hydrogen (secondary N) is 2. The Balaban J connectivity index is 0.00000169. The molecule has 6 heteroatoms. The molecular formula is C20H33Cl2N3O. The van der Waals surface area contributed by atoms with Crippen LogP contribution < -0.4 is 10.6 Å². The van der Waals surface area contributed by atoms with E-state index in [1.807, 2.05) is 6.92 Å². The van der Waals surface area contributed by atoms with E-state index in [1.54, 1.807) is 0 Å². The van der Waals surface area contributed by atoms with Crippen molar-refractivity contribution in [2.75, 3.05) is 19.6 Å². The Morgan fingerprint density at radius 1 is 1.19 bits per heavy atom. The third-order valence-corrected chi connectivity index (χ3v) is 5.75. The molecule has 3 rings (SSSR count). The Kier molecular flexibility index (Phi) is 9.94. The molecule has 2 aliphatic heterocycles. The van der Waals surface area contributed by atoms with E-state index in [9.17, 15) is 4.79 Å². The van der Waals surface area contributed by atoms with E-state index in [2.05, 4.69) is 46.7 Å². The first-order chi connectivity index (χ1) is 11.6. The van der Waals surface area contributed by atoms with Gasteiger partial charge in [0.2, 0.25) is 5.91 Å². The van der Waals surface area contributed by atoms with Gasteiger partial charge in [-0.25, -0.2) is 0 Å². The maximum atomic E-state index is 12.2. The molecule has 0 saturated carbocycles. The fourth-order valence-corrected chi connectivity index (χ4v) is 3.62. The number of hydrogen-bond acceptors (Lipinski definition) is 3. The molecule has 0 aromatic heterocycles. The van der Waals surface area contributed by atoms with Crippen LogP contribution in [0.5, 0.6) is 0 Å². The fraction of sp³-hybridized carbons (Fsp3) is 0.650. The van der Waals surface area contributed by atoms with Crippen molar-refractivity contribution < 1.29 is 4.79 Å². The van der Waals surface area contributed by atoms with Crippen LogP contribution in [0.2, 0.25) is 0 Å². The average molecular weight is 402 g/mol. The quantitative estimate of drug-likeness (QED) is 0.767. The van der Waals surface area contributed by atoms with Crippen molar-refractivity contribution in [3.8, 4) is 0 Å². The lowest BCUT2D eigenvalue weighted by atomic mass is 9.88. The number of carbonyl (C=O) groups excluding carboxylic acids is 1. The van der Waals surface area contributed by atoms with Crippen LogP contribution in [0.3, 0.4) is 0 Å². The van der Waals surface area contributed by atoms with E-state index in [1.165, 1.54) is 36.9 Å². The molecule has 2 heterocycles. The van der Waals surface area contributed by atoms with E-state index in [4.69, 9.17) is 0 Å². The average Bonchev–Trinajstić information content (AvgIpc) is 2.54. The maximum Gasteiger partial charge on any atom is 0.223 e. The topological polar surface area (TPSA) is 44.4 Å². The van der Waals surface area contributed by atoms with Crippen LogP contribution >= 0.6 is 24.8 Å². The Morgan fingerprint density at radius 3 is 2.42 bits per heavy atom. The summed E-state index contributed by atoms with van der Waals surface area (Å²) in [5.74, 6) is 0.776. The largest absolute Gasteiger partial charge is 0.352 e. The van der Waals surface area contributed by atoms with Gasteiger partial charge in [-0.05, 0) is 56.4 Å². The molecule has 0 aliphatic carbocycles. The van der Waals surface area contributed by atoms with Crippen LogP contribution in [0.4, 0.5) is 0 Å². The van der Waals surface area contributed by atoms with Gasteiger partial charge >= 0.3 is 0 Å². The molecular weight excluding hydrogens is 369 g/mol. The zero-order chi connectivity index (χ0) is 16.9. The summed E-state index contributed by atoms with van der Waals surface area (Å²) in [7, 11) is 0. The molecule has 0 bridgehead atoms. The lowest BCUT2D eigenvalue weighted by Gasteiger charge is -2.33. The first-order valence-corrected chi connectivity index (χ1v) is 9.44. The summed E-state index contributed by atoms with van der Waals surface area (Å²) in [5, 5.41) is 6.31. The van der Waals surface area contributed by atoms with Crippen LogP contribution in [0.15, 0.2) is 24.3 Å². The summed E-state index contributed by atoms with van der Waals surface area (Å²) in [5.41, 5.74) is 2.55. The molecule has 2 saturated heterocycles. The van der Waals surface area contributed by atoms with E-state index >= 15 is 0 Å². The highest BCUT2D eigenvalue weighted by Gasteiger charge is 2.28. The minimum atomic E-state index is 0. The van der Waals surface area contributed by atoms with Gasteiger partial charge in [0.1, 0.15) is 0 Å². The number of piperidine rings is 1. The first kappa shape index (κ1) is 23.2. The van der Waals surface area contributed by atoms with Gasteiger partial charge in [-0.1, -0.05) is 37.6 Å². The third kappa shape index (κ3) is 6.12. The highest BCUT2D eigenvalue weighted by molar-refractivity contribution is 5.85. The molecule has 0 radical (unpaired) electrons. The number of rotatable bonds is 6. The summed E-state index contributed by atoms with van der Waals surface area (Å²) in [6.45, 7) is 9.19. The van der Waals surface area contributed by atoms with Crippen LogP contribution in [-0.2, 0) is 17.9 Å². The number of hydrogen-bond donors (Lipinski definition) is 2. The normalized spacial score (nSPS) is 21.7. The third-order valence-electron chi connectivity index (χ3n) is 5.75. The van der Waals surface area contributed by atoms with Crippen molar-refractivity contribution in [2.45, 2.75) is 52.2 Å². The second kappa shape index (κ2) is 11.1. The number of nitrogens with zero attached hydrogens (tertiary/aromatic N) is 1. The summed E-state index contributed by atoms with van der Waals surface area (Å²) >= 11 is 0. The van der Waals surface area contributed by atoms with Crippen molar-refractivity contribution in [1.82, 2.24) is 15.5 Å². The number of carbonyl (C=O) groups is 1. The maximum absolute atomic E-state index is 12.2. The molecule has 2 unspecified atom stereocenters. The van der Waals surface area contributed by atoms with Crippen LogP contribution in [0.1, 0.15) is 44.2 Å². The van der Waals surface area contributed by atoms with Crippen LogP contribution in [0.25, 0.3) is 0 Å². The van der Waals surface area contributed by atoms with E-state index in [0.717, 1.165) is 19.6 Å². The highest BCUT2D eigenvalue weighted by Crippen LogP contribution is 2.19. The summed E-state index contributed by atoms with van der Waals surface area (Å²) in [6, 6.07) is 9.42. The lowest BCUT2D eigenvalue weighted by molar-refractivity contribution is -0.126. The van der Waals surface area contributed by atoms with Gasteiger partial charge in [0.15, 0.2) is 0 Å². The number of benzene rings is 1. The lowest BCUT2D eigenvalue weighted by Crippen LogP contribution is -2.49. The molecule has 2 N–H and O–H groups in total. The van der Waals surface area contributed by atoms with Crippen LogP contribution in [0, 0.1) is 11.8 Å². The van der Waals surface area contributed by atoms with Crippen molar-refractivity contribution in [2.24, 2.45) is 11.8 Å². The van der Waals surface area contributed by atoms with E-state index in [0.29, 0.717) is 18.5 Å². The number of amides is 1. The Labute approximate surface area is 170 Å². The highest BCUT2D eigenvalue weighted by atomic mass is 35.5.